The lowest BCUT2D eigenvalue weighted by Gasteiger charge is -2.33. The van der Waals surface area contributed by atoms with E-state index in [1.807, 2.05) is 138 Å². The van der Waals surface area contributed by atoms with Gasteiger partial charge in [-0.3, -0.25) is 0 Å². The first-order valence-electron chi connectivity index (χ1n) is 22.3. The van der Waals surface area contributed by atoms with Gasteiger partial charge in [-0.15, -0.1) is 0 Å². The van der Waals surface area contributed by atoms with Crippen molar-refractivity contribution in [3.05, 3.63) is 217 Å². The van der Waals surface area contributed by atoms with Crippen molar-refractivity contribution < 1.29 is 58.5 Å². The summed E-state index contributed by atoms with van der Waals surface area (Å²) in [6, 6.07) is 56.0. The molecule has 370 valence electrons. The summed E-state index contributed by atoms with van der Waals surface area (Å²) in [6.07, 6.45) is -16.0. The molecular weight excluding hydrogens is 948 g/mol. The summed E-state index contributed by atoms with van der Waals surface area (Å²) >= 11 is 0. The van der Waals surface area contributed by atoms with E-state index >= 15 is 13.2 Å². The molecule has 3 unspecified atom stereocenters. The summed E-state index contributed by atoms with van der Waals surface area (Å²) in [4.78, 5) is 4.05. The Morgan fingerprint density at radius 3 is 1.04 bits per heavy atom. The van der Waals surface area contributed by atoms with Gasteiger partial charge in [-0.2, -0.15) is 39.5 Å². The number of benzene rings is 8. The van der Waals surface area contributed by atoms with Gasteiger partial charge in [-0.1, -0.05) is 84.9 Å². The van der Waals surface area contributed by atoms with E-state index in [2.05, 4.69) is 9.64 Å². The van der Waals surface area contributed by atoms with Gasteiger partial charge >= 0.3 is 30.9 Å². The van der Waals surface area contributed by atoms with Crippen LogP contribution in [0.15, 0.2) is 206 Å². The van der Waals surface area contributed by atoms with Gasteiger partial charge in [-0.25, -0.2) is 0 Å². The Morgan fingerprint density at radius 1 is 0.375 bits per heavy atom. The molecule has 8 aromatic rings. The molecule has 0 radical (unpaired) electrons. The van der Waals surface area contributed by atoms with E-state index in [0.29, 0.717) is 5.69 Å². The van der Waals surface area contributed by atoms with Gasteiger partial charge < -0.3 is 28.7 Å². The first kappa shape index (κ1) is 50.3. The Kier molecular flexibility index (Phi) is 14.5. The SMILES string of the molecule is COc1ccc(N(c2ccccc2)c2ccc(-c3ccc(N(c4ccccc4)c4ccc(OC(F)(F)C(F)Oc5ccc(C(C)(c6ccc(OC(F)C(C)(F)F)cc6)C(F)(F)F)cc5)cc4)cc3)cc2)cc1. The highest BCUT2D eigenvalue weighted by Crippen LogP contribution is 2.47. The number of ether oxygens (including phenoxy) is 4. The van der Waals surface area contributed by atoms with Crippen molar-refractivity contribution in [1.29, 1.82) is 0 Å². The fourth-order valence-electron chi connectivity index (χ4n) is 7.89. The summed E-state index contributed by atoms with van der Waals surface area (Å²) in [5, 5.41) is 0. The molecule has 0 heterocycles. The minimum Gasteiger partial charge on any atom is -0.497 e. The molecule has 0 bridgehead atoms. The van der Waals surface area contributed by atoms with Crippen LogP contribution in [0.5, 0.6) is 23.0 Å². The number of para-hydroxylation sites is 2. The minimum absolute atomic E-state index is 0.284. The summed E-state index contributed by atoms with van der Waals surface area (Å²) < 4.78 is 149. The minimum atomic E-state index is -4.96. The number of anilines is 6. The van der Waals surface area contributed by atoms with Crippen molar-refractivity contribution in [1.82, 2.24) is 0 Å². The molecule has 0 aromatic heterocycles. The molecule has 0 N–H and O–H groups in total. The number of hydrogen-bond donors (Lipinski definition) is 0. The third-order valence-electron chi connectivity index (χ3n) is 11.9. The number of alkyl halides is 9. The Bertz CT molecular complexity index is 3000. The molecule has 0 saturated heterocycles. The highest BCUT2D eigenvalue weighted by molar-refractivity contribution is 5.81. The van der Waals surface area contributed by atoms with Crippen LogP contribution in [0.1, 0.15) is 25.0 Å². The van der Waals surface area contributed by atoms with E-state index in [-0.39, 0.29) is 12.5 Å². The van der Waals surface area contributed by atoms with Crippen molar-refractivity contribution in [2.45, 2.75) is 50.2 Å². The van der Waals surface area contributed by atoms with Crippen LogP contribution in [0, 0.1) is 0 Å². The van der Waals surface area contributed by atoms with Crippen LogP contribution in [-0.2, 0) is 5.41 Å². The molecule has 0 aliphatic carbocycles. The molecule has 0 aliphatic rings. The zero-order valence-corrected chi connectivity index (χ0v) is 38.7. The third-order valence-corrected chi connectivity index (χ3v) is 11.9. The molecule has 8 aromatic carbocycles. The number of nitrogens with zero attached hydrogens (tertiary/aromatic N) is 2. The predicted molar refractivity (Wildman–Crippen MR) is 260 cm³/mol. The van der Waals surface area contributed by atoms with Gasteiger partial charge in [0, 0.05) is 41.0 Å². The van der Waals surface area contributed by atoms with Crippen molar-refractivity contribution in [2.24, 2.45) is 0 Å². The van der Waals surface area contributed by atoms with E-state index in [1.54, 1.807) is 7.11 Å². The third kappa shape index (κ3) is 11.1. The zero-order chi connectivity index (χ0) is 51.3. The molecular formula is C57H45F9N2O4. The Labute approximate surface area is 410 Å². The van der Waals surface area contributed by atoms with Crippen LogP contribution in [0.25, 0.3) is 11.1 Å². The van der Waals surface area contributed by atoms with Gasteiger partial charge in [0.05, 0.1) is 7.11 Å². The van der Waals surface area contributed by atoms with Crippen molar-refractivity contribution >= 4 is 34.1 Å². The van der Waals surface area contributed by atoms with Gasteiger partial charge in [-0.05, 0) is 151 Å². The second-order valence-electron chi connectivity index (χ2n) is 16.8. The topological polar surface area (TPSA) is 43.4 Å². The van der Waals surface area contributed by atoms with Crippen LogP contribution in [0.4, 0.5) is 73.6 Å². The highest BCUT2D eigenvalue weighted by atomic mass is 19.4. The van der Waals surface area contributed by atoms with Crippen LogP contribution < -0.4 is 28.7 Å². The summed E-state index contributed by atoms with van der Waals surface area (Å²) in [5.74, 6) is -4.50. The molecule has 0 aliphatic heterocycles. The smallest absolute Gasteiger partial charge is 0.468 e. The van der Waals surface area contributed by atoms with Crippen LogP contribution in [0.3, 0.4) is 0 Å². The summed E-state index contributed by atoms with van der Waals surface area (Å²) in [6.45, 7) is 1.11. The second-order valence-corrected chi connectivity index (χ2v) is 16.8. The molecule has 72 heavy (non-hydrogen) atoms. The van der Waals surface area contributed by atoms with Gasteiger partial charge in [0.2, 0.25) is 0 Å². The van der Waals surface area contributed by atoms with Gasteiger partial charge in [0.1, 0.15) is 28.4 Å². The lowest BCUT2D eigenvalue weighted by Crippen LogP contribution is -2.41. The summed E-state index contributed by atoms with van der Waals surface area (Å²) in [5.41, 5.74) is 3.33. The maximum Gasteiger partial charge on any atom is 0.468 e. The molecule has 0 amide bonds. The van der Waals surface area contributed by atoms with Gasteiger partial charge in [0.15, 0.2) is 0 Å². The molecule has 8 rings (SSSR count). The van der Waals surface area contributed by atoms with E-state index < -0.39 is 59.1 Å². The zero-order valence-electron chi connectivity index (χ0n) is 38.7. The molecule has 3 atom stereocenters. The Hall–Kier alpha value is -8.07. The second kappa shape index (κ2) is 20.7. The number of halogens is 9. The van der Waals surface area contributed by atoms with Crippen molar-refractivity contribution in [2.75, 3.05) is 16.9 Å². The van der Waals surface area contributed by atoms with Crippen LogP contribution in [-0.4, -0.2) is 38.0 Å². The summed E-state index contributed by atoms with van der Waals surface area (Å²) in [7, 11) is 1.63. The lowest BCUT2D eigenvalue weighted by atomic mass is 9.75. The van der Waals surface area contributed by atoms with Crippen LogP contribution >= 0.6 is 0 Å². The molecule has 15 heteroatoms. The monoisotopic (exact) mass is 992 g/mol. The maximum absolute atomic E-state index is 15.3. The maximum atomic E-state index is 15.3. The number of rotatable bonds is 18. The van der Waals surface area contributed by atoms with E-state index in [4.69, 9.17) is 14.2 Å². The van der Waals surface area contributed by atoms with Crippen molar-refractivity contribution in [3.63, 3.8) is 0 Å². The lowest BCUT2D eigenvalue weighted by molar-refractivity contribution is -0.267. The fourth-order valence-corrected chi connectivity index (χ4v) is 7.89. The first-order chi connectivity index (χ1) is 34.3. The normalized spacial score (nSPS) is 13.6. The van der Waals surface area contributed by atoms with E-state index in [0.717, 1.165) is 101 Å². The fraction of sp³-hybridized carbons (Fsp3) is 0.158. The molecule has 0 fully saturated rings. The molecule has 6 nitrogen and oxygen atoms in total. The van der Waals surface area contributed by atoms with Gasteiger partial charge in [0.25, 0.3) is 0 Å². The number of hydrogen-bond acceptors (Lipinski definition) is 6. The average molecular weight is 993 g/mol. The largest absolute Gasteiger partial charge is 0.497 e. The predicted octanol–water partition coefficient (Wildman–Crippen LogP) is 16.8. The van der Waals surface area contributed by atoms with Crippen molar-refractivity contribution in [3.8, 4) is 34.1 Å². The Morgan fingerprint density at radius 2 is 0.694 bits per heavy atom. The standard InChI is InChI=1S/C57H45F9N2O4/c1-54(57(64,65)66,40-18-30-49(31-19-40)70-52(58)55(2,60)61)41-20-32-50(33-21-41)71-53(59)56(62,63)72-51-36-28-47(29-37-51)68(43-12-8-5-9-13-43)45-24-16-39(17-25-45)38-14-22-44(23-15-38)67(42-10-6-4-7-11-42)46-26-34-48(69-3)35-27-46/h4-37,52-53H,1-3H3. The average Bonchev–Trinajstić information content (AvgIpc) is 3.38. The van der Waals surface area contributed by atoms with E-state index in [9.17, 15) is 26.3 Å². The quantitative estimate of drug-likeness (QED) is 0.0798. The van der Waals surface area contributed by atoms with Crippen LogP contribution in [0.2, 0.25) is 0 Å². The first-order valence-corrected chi connectivity index (χ1v) is 22.3. The number of methoxy groups -OCH3 is 1. The molecule has 0 saturated carbocycles. The van der Waals surface area contributed by atoms with E-state index in [1.165, 1.54) is 24.3 Å². The highest BCUT2D eigenvalue weighted by Gasteiger charge is 2.53. The Balaban J connectivity index is 0.950. The molecule has 0 spiro atoms.